The molecule has 0 radical (unpaired) electrons. The van der Waals surface area contributed by atoms with E-state index in [1.807, 2.05) is 31.2 Å². The third kappa shape index (κ3) is 7.60. The Morgan fingerprint density at radius 1 is 1.14 bits per heavy atom. The van der Waals surface area contributed by atoms with Gasteiger partial charge in [0, 0.05) is 11.4 Å². The van der Waals surface area contributed by atoms with Crippen molar-refractivity contribution in [3.8, 4) is 0 Å². The SMILES string of the molecule is CCCCCCCCC(=O)N/N=C(\CC)c1cccc(Cl)c1. The fourth-order valence-corrected chi connectivity index (χ4v) is 2.46. The van der Waals surface area contributed by atoms with Crippen LogP contribution in [-0.4, -0.2) is 11.6 Å². The van der Waals surface area contributed by atoms with Crippen molar-refractivity contribution in [1.82, 2.24) is 5.43 Å². The van der Waals surface area contributed by atoms with E-state index in [1.165, 1.54) is 25.7 Å². The van der Waals surface area contributed by atoms with Crippen molar-refractivity contribution in [3.63, 3.8) is 0 Å². The monoisotopic (exact) mass is 322 g/mol. The third-order valence-electron chi connectivity index (χ3n) is 3.57. The lowest BCUT2D eigenvalue weighted by molar-refractivity contribution is -0.121. The molecule has 122 valence electrons. The van der Waals surface area contributed by atoms with E-state index in [4.69, 9.17) is 11.6 Å². The van der Waals surface area contributed by atoms with E-state index in [0.29, 0.717) is 11.4 Å². The summed E-state index contributed by atoms with van der Waals surface area (Å²) in [7, 11) is 0. The summed E-state index contributed by atoms with van der Waals surface area (Å²) in [5, 5.41) is 4.92. The maximum Gasteiger partial charge on any atom is 0.240 e. The Morgan fingerprint density at radius 3 is 2.55 bits per heavy atom. The van der Waals surface area contributed by atoms with Gasteiger partial charge in [0.2, 0.25) is 5.91 Å². The maximum absolute atomic E-state index is 11.8. The molecule has 1 aromatic rings. The number of amides is 1. The minimum atomic E-state index is -0.0107. The van der Waals surface area contributed by atoms with E-state index in [0.717, 1.165) is 30.5 Å². The number of carbonyl (C=O) groups is 1. The number of unbranched alkanes of at least 4 members (excludes halogenated alkanes) is 5. The van der Waals surface area contributed by atoms with Crippen LogP contribution in [0.15, 0.2) is 29.4 Å². The molecule has 0 saturated heterocycles. The van der Waals surface area contributed by atoms with Gasteiger partial charge in [-0.3, -0.25) is 4.79 Å². The van der Waals surface area contributed by atoms with Gasteiger partial charge in [0.15, 0.2) is 0 Å². The van der Waals surface area contributed by atoms with E-state index < -0.39 is 0 Å². The lowest BCUT2D eigenvalue weighted by atomic mass is 10.1. The number of nitrogens with zero attached hydrogens (tertiary/aromatic N) is 1. The Hall–Kier alpha value is -1.35. The number of hydrazone groups is 1. The largest absolute Gasteiger partial charge is 0.273 e. The number of halogens is 1. The Bertz CT molecular complexity index is 486. The summed E-state index contributed by atoms with van der Waals surface area (Å²) < 4.78 is 0. The highest BCUT2D eigenvalue weighted by molar-refractivity contribution is 6.31. The van der Waals surface area contributed by atoms with Crippen molar-refractivity contribution in [3.05, 3.63) is 34.9 Å². The molecular formula is C18H27ClN2O. The summed E-state index contributed by atoms with van der Waals surface area (Å²) in [4.78, 5) is 11.8. The zero-order chi connectivity index (χ0) is 16.2. The van der Waals surface area contributed by atoms with Gasteiger partial charge in [-0.25, -0.2) is 5.43 Å². The molecule has 1 rings (SSSR count). The van der Waals surface area contributed by atoms with Crippen molar-refractivity contribution in [2.75, 3.05) is 0 Å². The van der Waals surface area contributed by atoms with Crippen LogP contribution in [0.3, 0.4) is 0 Å². The lowest BCUT2D eigenvalue weighted by Gasteiger charge is -2.06. The Labute approximate surface area is 139 Å². The van der Waals surface area contributed by atoms with Crippen molar-refractivity contribution >= 4 is 23.2 Å². The normalized spacial score (nSPS) is 11.5. The Balaban J connectivity index is 2.36. The van der Waals surface area contributed by atoms with Gasteiger partial charge in [0.05, 0.1) is 5.71 Å². The third-order valence-corrected chi connectivity index (χ3v) is 3.80. The van der Waals surface area contributed by atoms with Crippen molar-refractivity contribution in [2.45, 2.75) is 65.2 Å². The fraction of sp³-hybridized carbons (Fsp3) is 0.556. The van der Waals surface area contributed by atoms with Gasteiger partial charge in [-0.2, -0.15) is 5.10 Å². The zero-order valence-corrected chi connectivity index (χ0v) is 14.5. The molecule has 0 aromatic heterocycles. The molecule has 0 spiro atoms. The summed E-state index contributed by atoms with van der Waals surface area (Å²) in [6.07, 6.45) is 8.36. The van der Waals surface area contributed by atoms with Crippen LogP contribution in [0.4, 0.5) is 0 Å². The summed E-state index contributed by atoms with van der Waals surface area (Å²) in [5.74, 6) is -0.0107. The molecule has 0 aliphatic carbocycles. The molecule has 0 unspecified atom stereocenters. The van der Waals surface area contributed by atoms with Crippen molar-refractivity contribution in [2.24, 2.45) is 5.10 Å². The first-order chi connectivity index (χ1) is 10.7. The molecule has 1 amide bonds. The zero-order valence-electron chi connectivity index (χ0n) is 13.7. The first-order valence-corrected chi connectivity index (χ1v) is 8.66. The Kier molecular flexibility index (Phi) is 9.56. The molecular weight excluding hydrogens is 296 g/mol. The minimum absolute atomic E-state index is 0.0107. The summed E-state index contributed by atoms with van der Waals surface area (Å²) >= 11 is 5.99. The predicted octanol–water partition coefficient (Wildman–Crippen LogP) is 5.32. The first-order valence-electron chi connectivity index (χ1n) is 8.28. The van der Waals surface area contributed by atoms with E-state index in [9.17, 15) is 4.79 Å². The van der Waals surface area contributed by atoms with Crippen LogP contribution in [-0.2, 0) is 4.79 Å². The molecule has 1 aromatic carbocycles. The van der Waals surface area contributed by atoms with Crippen molar-refractivity contribution < 1.29 is 4.79 Å². The van der Waals surface area contributed by atoms with Crippen LogP contribution >= 0.6 is 11.6 Å². The number of carbonyl (C=O) groups excluding carboxylic acids is 1. The van der Waals surface area contributed by atoms with Gasteiger partial charge in [0.1, 0.15) is 0 Å². The lowest BCUT2D eigenvalue weighted by Crippen LogP contribution is -2.19. The molecule has 0 aliphatic rings. The molecule has 1 N–H and O–H groups in total. The number of hydrogen-bond acceptors (Lipinski definition) is 2. The van der Waals surface area contributed by atoms with Crippen LogP contribution in [0.1, 0.15) is 70.8 Å². The molecule has 0 atom stereocenters. The molecule has 22 heavy (non-hydrogen) atoms. The summed E-state index contributed by atoms with van der Waals surface area (Å²) in [6, 6.07) is 7.54. The summed E-state index contributed by atoms with van der Waals surface area (Å²) in [6.45, 7) is 4.22. The standard InChI is InChI=1S/C18H27ClN2O/c1-3-5-6-7-8-9-13-18(22)21-20-17(4-2)15-11-10-12-16(19)14-15/h10-12,14H,3-9,13H2,1-2H3,(H,21,22)/b20-17+. The molecule has 0 saturated carbocycles. The second kappa shape index (κ2) is 11.2. The van der Waals surface area contributed by atoms with Crippen LogP contribution in [0.25, 0.3) is 0 Å². The second-order valence-corrected chi connectivity index (χ2v) is 5.91. The summed E-state index contributed by atoms with van der Waals surface area (Å²) in [5.41, 5.74) is 4.46. The molecule has 0 heterocycles. The van der Waals surface area contributed by atoms with E-state index >= 15 is 0 Å². The minimum Gasteiger partial charge on any atom is -0.273 e. The van der Waals surface area contributed by atoms with Gasteiger partial charge in [-0.1, -0.05) is 69.7 Å². The van der Waals surface area contributed by atoms with E-state index in [1.54, 1.807) is 0 Å². The highest BCUT2D eigenvalue weighted by atomic mass is 35.5. The molecule has 0 bridgehead atoms. The smallest absolute Gasteiger partial charge is 0.240 e. The molecule has 4 heteroatoms. The van der Waals surface area contributed by atoms with Gasteiger partial charge < -0.3 is 0 Å². The number of benzene rings is 1. The Morgan fingerprint density at radius 2 is 1.86 bits per heavy atom. The van der Waals surface area contributed by atoms with Gasteiger partial charge in [-0.05, 0) is 30.5 Å². The predicted molar refractivity (Wildman–Crippen MR) is 94.4 cm³/mol. The van der Waals surface area contributed by atoms with Gasteiger partial charge in [0.25, 0.3) is 0 Å². The maximum atomic E-state index is 11.8. The van der Waals surface area contributed by atoms with Crippen molar-refractivity contribution in [1.29, 1.82) is 0 Å². The van der Waals surface area contributed by atoms with Crippen LogP contribution in [0, 0.1) is 0 Å². The highest BCUT2D eigenvalue weighted by Crippen LogP contribution is 2.13. The van der Waals surface area contributed by atoms with Crippen LogP contribution < -0.4 is 5.43 Å². The topological polar surface area (TPSA) is 41.5 Å². The second-order valence-electron chi connectivity index (χ2n) is 5.48. The van der Waals surface area contributed by atoms with Crippen LogP contribution in [0.2, 0.25) is 5.02 Å². The average molecular weight is 323 g/mol. The van der Waals surface area contributed by atoms with Gasteiger partial charge in [-0.15, -0.1) is 0 Å². The number of nitrogens with one attached hydrogen (secondary N) is 1. The van der Waals surface area contributed by atoms with E-state index in [-0.39, 0.29) is 5.91 Å². The highest BCUT2D eigenvalue weighted by Gasteiger charge is 2.04. The quantitative estimate of drug-likeness (QED) is 0.353. The number of rotatable bonds is 10. The van der Waals surface area contributed by atoms with E-state index in [2.05, 4.69) is 17.5 Å². The molecule has 0 aliphatic heterocycles. The molecule has 0 fully saturated rings. The molecule has 3 nitrogen and oxygen atoms in total. The number of hydrogen-bond donors (Lipinski definition) is 1. The average Bonchev–Trinajstić information content (AvgIpc) is 2.51. The van der Waals surface area contributed by atoms with Crippen LogP contribution in [0.5, 0.6) is 0 Å². The first kappa shape index (κ1) is 18.7. The van der Waals surface area contributed by atoms with Gasteiger partial charge >= 0.3 is 0 Å². The fourth-order valence-electron chi connectivity index (χ4n) is 2.27.